The maximum absolute atomic E-state index is 13.0. The van der Waals surface area contributed by atoms with E-state index in [0.29, 0.717) is 30.9 Å². The van der Waals surface area contributed by atoms with E-state index in [0.717, 1.165) is 28.3 Å². The standard InChI is InChI=1S/C26H25N5O2/c1-33-22-9-4-7-20(16-22)24-11-10-23(26(32)30-18-19-6-5-13-27-17-19)25(31-24)29-15-12-21-8-2-3-14-28-21/h2-11,13-14,16-17H,12,15,18H2,1H3,(H,29,31)(H,30,32). The topological polar surface area (TPSA) is 89.0 Å². The molecule has 7 nitrogen and oxygen atoms in total. The summed E-state index contributed by atoms with van der Waals surface area (Å²) in [7, 11) is 1.63. The average Bonchev–Trinajstić information content (AvgIpc) is 2.88. The molecule has 1 amide bonds. The molecule has 0 radical (unpaired) electrons. The van der Waals surface area contributed by atoms with Crippen LogP contribution < -0.4 is 15.4 Å². The third-order valence-electron chi connectivity index (χ3n) is 5.08. The number of aromatic nitrogens is 3. The fraction of sp³-hybridized carbons (Fsp3) is 0.154. The summed E-state index contributed by atoms with van der Waals surface area (Å²) >= 11 is 0. The first kappa shape index (κ1) is 22.0. The summed E-state index contributed by atoms with van der Waals surface area (Å²) in [5, 5.41) is 6.27. The Morgan fingerprint density at radius 1 is 1.00 bits per heavy atom. The van der Waals surface area contributed by atoms with Gasteiger partial charge in [0.1, 0.15) is 11.6 Å². The molecule has 0 spiro atoms. The lowest BCUT2D eigenvalue weighted by molar-refractivity contribution is 0.0951. The molecular formula is C26H25N5O2. The molecule has 4 aromatic rings. The van der Waals surface area contributed by atoms with Crippen molar-refractivity contribution in [3.63, 3.8) is 0 Å². The van der Waals surface area contributed by atoms with Gasteiger partial charge in [0, 0.05) is 49.4 Å². The lowest BCUT2D eigenvalue weighted by Crippen LogP contribution is -2.25. The van der Waals surface area contributed by atoms with Crippen LogP contribution >= 0.6 is 0 Å². The van der Waals surface area contributed by atoms with Gasteiger partial charge in [-0.15, -0.1) is 0 Å². The second-order valence-corrected chi connectivity index (χ2v) is 7.37. The number of ether oxygens (including phenoxy) is 1. The van der Waals surface area contributed by atoms with Gasteiger partial charge in [-0.3, -0.25) is 14.8 Å². The zero-order chi connectivity index (χ0) is 22.9. The number of rotatable bonds is 9. The van der Waals surface area contributed by atoms with Gasteiger partial charge < -0.3 is 15.4 Å². The lowest BCUT2D eigenvalue weighted by atomic mass is 10.1. The van der Waals surface area contributed by atoms with Gasteiger partial charge in [0.05, 0.1) is 18.4 Å². The maximum atomic E-state index is 13.0. The van der Waals surface area contributed by atoms with Gasteiger partial charge in [-0.2, -0.15) is 0 Å². The molecule has 3 aromatic heterocycles. The number of nitrogens with zero attached hydrogens (tertiary/aromatic N) is 3. The Labute approximate surface area is 192 Å². The van der Waals surface area contributed by atoms with Gasteiger partial charge in [0.15, 0.2) is 0 Å². The van der Waals surface area contributed by atoms with E-state index in [-0.39, 0.29) is 5.91 Å². The number of hydrogen-bond donors (Lipinski definition) is 2. The number of pyridine rings is 3. The molecule has 0 atom stereocenters. The van der Waals surface area contributed by atoms with E-state index < -0.39 is 0 Å². The van der Waals surface area contributed by atoms with Crippen LogP contribution in [0.1, 0.15) is 21.6 Å². The van der Waals surface area contributed by atoms with Crippen molar-refractivity contribution in [3.8, 4) is 17.0 Å². The largest absolute Gasteiger partial charge is 0.497 e. The van der Waals surface area contributed by atoms with Crippen LogP contribution in [0.3, 0.4) is 0 Å². The summed E-state index contributed by atoms with van der Waals surface area (Å²) in [6, 6.07) is 20.9. The zero-order valence-corrected chi connectivity index (χ0v) is 18.4. The van der Waals surface area contributed by atoms with Crippen LogP contribution in [-0.4, -0.2) is 34.5 Å². The van der Waals surface area contributed by atoms with Crippen LogP contribution in [0.5, 0.6) is 5.75 Å². The van der Waals surface area contributed by atoms with Crippen LogP contribution in [0.15, 0.2) is 85.3 Å². The molecule has 0 aliphatic carbocycles. The number of amides is 1. The summed E-state index contributed by atoms with van der Waals surface area (Å²) in [4.78, 5) is 26.2. The first-order valence-corrected chi connectivity index (χ1v) is 10.7. The molecule has 166 valence electrons. The van der Waals surface area contributed by atoms with Crippen LogP contribution in [0.2, 0.25) is 0 Å². The Morgan fingerprint density at radius 3 is 2.73 bits per heavy atom. The molecule has 7 heteroatoms. The van der Waals surface area contributed by atoms with E-state index >= 15 is 0 Å². The Morgan fingerprint density at radius 2 is 1.94 bits per heavy atom. The smallest absolute Gasteiger partial charge is 0.255 e. The third kappa shape index (κ3) is 5.92. The highest BCUT2D eigenvalue weighted by Gasteiger charge is 2.15. The Balaban J connectivity index is 1.56. The van der Waals surface area contributed by atoms with Gasteiger partial charge in [-0.05, 0) is 48.0 Å². The number of hydrogen-bond acceptors (Lipinski definition) is 6. The normalized spacial score (nSPS) is 10.5. The number of methoxy groups -OCH3 is 1. The number of nitrogens with one attached hydrogen (secondary N) is 2. The summed E-state index contributed by atoms with van der Waals surface area (Å²) in [5.41, 5.74) is 4.03. The van der Waals surface area contributed by atoms with Crippen molar-refractivity contribution in [1.82, 2.24) is 20.3 Å². The van der Waals surface area contributed by atoms with Crippen molar-refractivity contribution in [2.24, 2.45) is 0 Å². The first-order chi connectivity index (χ1) is 16.2. The van der Waals surface area contributed by atoms with E-state index in [1.807, 2.05) is 60.7 Å². The molecule has 0 saturated heterocycles. The molecule has 3 heterocycles. The predicted molar refractivity (Wildman–Crippen MR) is 128 cm³/mol. The minimum absolute atomic E-state index is 0.205. The van der Waals surface area contributed by atoms with E-state index in [9.17, 15) is 4.79 Å². The fourth-order valence-corrected chi connectivity index (χ4v) is 3.36. The van der Waals surface area contributed by atoms with E-state index in [2.05, 4.69) is 20.6 Å². The number of carbonyl (C=O) groups is 1. The SMILES string of the molecule is COc1cccc(-c2ccc(C(=O)NCc3cccnc3)c(NCCc3ccccn3)n2)c1. The molecule has 0 bridgehead atoms. The van der Waals surface area contributed by atoms with Crippen molar-refractivity contribution in [1.29, 1.82) is 0 Å². The number of carbonyl (C=O) groups excluding carboxylic acids is 1. The van der Waals surface area contributed by atoms with Crippen LogP contribution in [0.4, 0.5) is 5.82 Å². The Hall–Kier alpha value is -4.26. The maximum Gasteiger partial charge on any atom is 0.255 e. The Kier molecular flexibility index (Phi) is 7.22. The quantitative estimate of drug-likeness (QED) is 0.408. The molecule has 0 fully saturated rings. The monoisotopic (exact) mass is 439 g/mol. The van der Waals surface area contributed by atoms with Gasteiger partial charge in [0.2, 0.25) is 0 Å². The van der Waals surface area contributed by atoms with Gasteiger partial charge in [-0.1, -0.05) is 24.3 Å². The molecule has 4 rings (SSSR count). The highest BCUT2D eigenvalue weighted by atomic mass is 16.5. The second kappa shape index (κ2) is 10.9. The van der Waals surface area contributed by atoms with Gasteiger partial charge in [0.25, 0.3) is 5.91 Å². The van der Waals surface area contributed by atoms with Crippen molar-refractivity contribution >= 4 is 11.7 Å². The number of anilines is 1. The lowest BCUT2D eigenvalue weighted by Gasteiger charge is -2.14. The van der Waals surface area contributed by atoms with Crippen LogP contribution in [0, 0.1) is 0 Å². The van der Waals surface area contributed by atoms with Crippen LogP contribution in [0.25, 0.3) is 11.3 Å². The van der Waals surface area contributed by atoms with Gasteiger partial charge in [-0.25, -0.2) is 4.98 Å². The molecule has 33 heavy (non-hydrogen) atoms. The van der Waals surface area contributed by atoms with Gasteiger partial charge >= 0.3 is 0 Å². The van der Waals surface area contributed by atoms with Crippen molar-refractivity contribution in [3.05, 3.63) is 102 Å². The molecule has 0 unspecified atom stereocenters. The third-order valence-corrected chi connectivity index (χ3v) is 5.08. The summed E-state index contributed by atoms with van der Waals surface area (Å²) < 4.78 is 5.34. The van der Waals surface area contributed by atoms with E-state index in [1.165, 1.54) is 0 Å². The minimum Gasteiger partial charge on any atom is -0.497 e. The van der Waals surface area contributed by atoms with E-state index in [1.54, 1.807) is 31.8 Å². The zero-order valence-electron chi connectivity index (χ0n) is 18.4. The molecule has 0 aliphatic rings. The molecule has 1 aromatic carbocycles. The predicted octanol–water partition coefficient (Wildman–Crippen LogP) is 4.13. The van der Waals surface area contributed by atoms with Crippen molar-refractivity contribution < 1.29 is 9.53 Å². The summed E-state index contributed by atoms with van der Waals surface area (Å²) in [5.74, 6) is 1.07. The van der Waals surface area contributed by atoms with Crippen molar-refractivity contribution in [2.75, 3.05) is 19.0 Å². The fourth-order valence-electron chi connectivity index (χ4n) is 3.36. The molecule has 0 saturated carbocycles. The Bertz CT molecular complexity index is 1200. The molecule has 2 N–H and O–H groups in total. The summed E-state index contributed by atoms with van der Waals surface area (Å²) in [6.07, 6.45) is 5.92. The van der Waals surface area contributed by atoms with Crippen molar-refractivity contribution in [2.45, 2.75) is 13.0 Å². The highest BCUT2D eigenvalue weighted by molar-refractivity contribution is 5.99. The van der Waals surface area contributed by atoms with Crippen LogP contribution in [-0.2, 0) is 13.0 Å². The second-order valence-electron chi connectivity index (χ2n) is 7.37. The van der Waals surface area contributed by atoms with E-state index in [4.69, 9.17) is 9.72 Å². The first-order valence-electron chi connectivity index (χ1n) is 10.7. The number of benzene rings is 1. The molecular weight excluding hydrogens is 414 g/mol. The molecule has 0 aliphatic heterocycles. The average molecular weight is 440 g/mol. The highest BCUT2D eigenvalue weighted by Crippen LogP contribution is 2.25. The minimum atomic E-state index is -0.205. The summed E-state index contributed by atoms with van der Waals surface area (Å²) in [6.45, 7) is 0.978.